The molecule has 0 fully saturated rings. The summed E-state index contributed by atoms with van der Waals surface area (Å²) in [5, 5.41) is 7.16. The lowest BCUT2D eigenvalue weighted by atomic mass is 10.3. The second-order valence-corrected chi connectivity index (χ2v) is 5.58. The van der Waals surface area contributed by atoms with Crippen LogP contribution in [0.2, 0.25) is 0 Å². The van der Waals surface area contributed by atoms with E-state index in [2.05, 4.69) is 15.0 Å². The molecule has 0 spiro atoms. The quantitative estimate of drug-likeness (QED) is 0.764. The molecule has 0 unspecified atom stereocenters. The molecular weight excluding hydrogens is 292 g/mol. The van der Waals surface area contributed by atoms with Crippen molar-refractivity contribution in [3.8, 4) is 0 Å². The number of anilines is 1. The number of hydrogen-bond acceptors (Lipinski definition) is 5. The molecule has 3 N–H and O–H groups in total. The van der Waals surface area contributed by atoms with E-state index < -0.39 is 26.6 Å². The highest BCUT2D eigenvalue weighted by Gasteiger charge is 2.24. The fourth-order valence-electron chi connectivity index (χ4n) is 1.55. The number of nitrogens with zero attached hydrogens (tertiary/aromatic N) is 3. The lowest BCUT2D eigenvalue weighted by Crippen LogP contribution is -2.29. The molecule has 0 bridgehead atoms. The highest BCUT2D eigenvalue weighted by Crippen LogP contribution is 2.21. The van der Waals surface area contributed by atoms with Crippen molar-refractivity contribution in [2.45, 2.75) is 11.4 Å². The summed E-state index contributed by atoms with van der Waals surface area (Å²) in [7, 11) is -4.31. The maximum atomic E-state index is 13.5. The minimum Gasteiger partial charge on any atom is -0.399 e. The summed E-state index contributed by atoms with van der Waals surface area (Å²) >= 11 is 0. The summed E-state index contributed by atoms with van der Waals surface area (Å²) in [6.07, 6.45) is 2.95. The average Bonchev–Trinajstić information content (AvgIpc) is 2.79. The molecule has 0 atom stereocenters. The van der Waals surface area contributed by atoms with E-state index in [-0.39, 0.29) is 18.8 Å². The van der Waals surface area contributed by atoms with Crippen molar-refractivity contribution in [2.75, 3.05) is 12.3 Å². The first kappa shape index (κ1) is 14.3. The summed E-state index contributed by atoms with van der Waals surface area (Å²) in [5.41, 5.74) is 5.03. The number of aromatic nitrogens is 3. The highest BCUT2D eigenvalue weighted by molar-refractivity contribution is 7.89. The normalized spacial score (nSPS) is 11.7. The first-order chi connectivity index (χ1) is 9.40. The van der Waals surface area contributed by atoms with Gasteiger partial charge in [-0.15, -0.1) is 5.10 Å². The van der Waals surface area contributed by atoms with Gasteiger partial charge in [-0.2, -0.15) is 0 Å². The van der Waals surface area contributed by atoms with Crippen LogP contribution in [-0.4, -0.2) is 30.0 Å². The fourth-order valence-corrected chi connectivity index (χ4v) is 2.69. The number of hydrogen-bond donors (Lipinski definition) is 2. The Labute approximate surface area is 113 Å². The number of nitrogens with two attached hydrogens (primary N) is 1. The number of rotatable bonds is 5. The molecule has 1 heterocycles. The van der Waals surface area contributed by atoms with Crippen LogP contribution in [0, 0.1) is 11.6 Å². The summed E-state index contributed by atoms with van der Waals surface area (Å²) in [6, 6.07) is 1.49. The van der Waals surface area contributed by atoms with Crippen molar-refractivity contribution in [1.82, 2.24) is 19.7 Å². The van der Waals surface area contributed by atoms with E-state index in [1.54, 1.807) is 0 Å². The van der Waals surface area contributed by atoms with Crippen LogP contribution in [0.25, 0.3) is 0 Å². The second-order valence-electron chi connectivity index (χ2n) is 3.88. The van der Waals surface area contributed by atoms with Crippen LogP contribution in [0.1, 0.15) is 0 Å². The number of halogens is 2. The van der Waals surface area contributed by atoms with Gasteiger partial charge < -0.3 is 5.73 Å². The van der Waals surface area contributed by atoms with E-state index in [1.807, 2.05) is 0 Å². The summed E-state index contributed by atoms with van der Waals surface area (Å²) in [6.45, 7) is 0.0897. The zero-order chi connectivity index (χ0) is 14.8. The molecule has 0 aliphatic heterocycles. The van der Waals surface area contributed by atoms with Crippen molar-refractivity contribution in [3.63, 3.8) is 0 Å². The average molecular weight is 303 g/mol. The Morgan fingerprint density at radius 1 is 1.30 bits per heavy atom. The maximum Gasteiger partial charge on any atom is 0.246 e. The van der Waals surface area contributed by atoms with Gasteiger partial charge in [0, 0.05) is 18.4 Å². The minimum atomic E-state index is -4.31. The number of nitrogens with one attached hydrogen (secondary N) is 1. The molecule has 0 radical (unpaired) electrons. The molecule has 0 amide bonds. The van der Waals surface area contributed by atoms with Crippen LogP contribution >= 0.6 is 0 Å². The van der Waals surface area contributed by atoms with Gasteiger partial charge >= 0.3 is 0 Å². The Morgan fingerprint density at radius 2 is 1.95 bits per heavy atom. The Balaban J connectivity index is 2.14. The van der Waals surface area contributed by atoms with E-state index in [1.165, 1.54) is 17.1 Å². The molecule has 2 aromatic rings. The van der Waals surface area contributed by atoms with Crippen molar-refractivity contribution in [1.29, 1.82) is 0 Å². The van der Waals surface area contributed by atoms with Gasteiger partial charge in [-0.1, -0.05) is 5.21 Å². The molecule has 0 saturated heterocycles. The van der Waals surface area contributed by atoms with Gasteiger partial charge in [0.25, 0.3) is 0 Å². The van der Waals surface area contributed by atoms with Gasteiger partial charge in [-0.05, 0) is 12.1 Å². The van der Waals surface area contributed by atoms with E-state index in [9.17, 15) is 17.2 Å². The lowest BCUT2D eigenvalue weighted by Gasteiger charge is -2.09. The Hall–Kier alpha value is -2.07. The fraction of sp³-hybridized carbons (Fsp3) is 0.200. The Bertz CT molecular complexity index is 679. The molecule has 0 saturated carbocycles. The van der Waals surface area contributed by atoms with Gasteiger partial charge in [-0.25, -0.2) is 21.9 Å². The van der Waals surface area contributed by atoms with Gasteiger partial charge in [0.15, 0.2) is 4.90 Å². The van der Waals surface area contributed by atoms with Crippen molar-refractivity contribution in [2.24, 2.45) is 0 Å². The molecule has 108 valence electrons. The Kier molecular flexibility index (Phi) is 3.95. The smallest absolute Gasteiger partial charge is 0.246 e. The minimum absolute atomic E-state index is 0.0883. The monoisotopic (exact) mass is 303 g/mol. The van der Waals surface area contributed by atoms with Crippen LogP contribution in [0.15, 0.2) is 29.4 Å². The van der Waals surface area contributed by atoms with E-state index in [0.717, 1.165) is 12.1 Å². The molecule has 0 aliphatic carbocycles. The first-order valence-corrected chi connectivity index (χ1v) is 6.97. The summed E-state index contributed by atoms with van der Waals surface area (Å²) < 4.78 is 54.2. The topological polar surface area (TPSA) is 103 Å². The van der Waals surface area contributed by atoms with E-state index >= 15 is 0 Å². The third-order valence-corrected chi connectivity index (χ3v) is 3.91. The lowest BCUT2D eigenvalue weighted by molar-refractivity contribution is 0.510. The molecule has 1 aromatic heterocycles. The predicted octanol–water partition coefficient (Wildman–Crippen LogP) is 0.117. The van der Waals surface area contributed by atoms with Crippen molar-refractivity contribution >= 4 is 15.7 Å². The van der Waals surface area contributed by atoms with Crippen LogP contribution < -0.4 is 10.5 Å². The van der Waals surface area contributed by atoms with Crippen LogP contribution in [-0.2, 0) is 16.6 Å². The molecule has 2 rings (SSSR count). The molecule has 1 aromatic carbocycles. The maximum absolute atomic E-state index is 13.5. The third kappa shape index (κ3) is 3.08. The zero-order valence-corrected chi connectivity index (χ0v) is 10.9. The number of nitrogen functional groups attached to an aromatic ring is 1. The van der Waals surface area contributed by atoms with Gasteiger partial charge in [-0.3, -0.25) is 4.68 Å². The molecular formula is C10H11F2N5O2S. The molecule has 0 aliphatic rings. The van der Waals surface area contributed by atoms with Crippen molar-refractivity contribution < 1.29 is 17.2 Å². The van der Waals surface area contributed by atoms with E-state index in [0.29, 0.717) is 0 Å². The number of sulfonamides is 1. The molecule has 10 heteroatoms. The van der Waals surface area contributed by atoms with Crippen LogP contribution in [0.4, 0.5) is 14.5 Å². The number of benzene rings is 1. The van der Waals surface area contributed by atoms with Crippen molar-refractivity contribution in [3.05, 3.63) is 36.2 Å². The largest absolute Gasteiger partial charge is 0.399 e. The molecule has 20 heavy (non-hydrogen) atoms. The standard InChI is InChI=1S/C10H11F2N5O2S/c11-8-5-7(13)6-9(12)10(8)20(18,19)15-2-4-17-3-1-14-16-17/h1,3,5-6,15H,2,4,13H2. The SMILES string of the molecule is Nc1cc(F)c(S(=O)(=O)NCCn2ccnn2)c(F)c1. The highest BCUT2D eigenvalue weighted by atomic mass is 32.2. The predicted molar refractivity (Wildman–Crippen MR) is 66.0 cm³/mol. The van der Waals surface area contributed by atoms with Gasteiger partial charge in [0.1, 0.15) is 11.6 Å². The molecule has 7 nitrogen and oxygen atoms in total. The summed E-state index contributed by atoms with van der Waals surface area (Å²) in [4.78, 5) is -1.05. The van der Waals surface area contributed by atoms with Crippen LogP contribution in [0.5, 0.6) is 0 Å². The first-order valence-electron chi connectivity index (χ1n) is 5.48. The van der Waals surface area contributed by atoms with Crippen LogP contribution in [0.3, 0.4) is 0 Å². The second kappa shape index (κ2) is 5.51. The van der Waals surface area contributed by atoms with Gasteiger partial charge in [0.05, 0.1) is 12.7 Å². The third-order valence-electron chi connectivity index (χ3n) is 2.39. The summed E-state index contributed by atoms with van der Waals surface area (Å²) in [5.74, 6) is -2.48. The Morgan fingerprint density at radius 3 is 2.50 bits per heavy atom. The zero-order valence-electron chi connectivity index (χ0n) is 10.1. The van der Waals surface area contributed by atoms with E-state index in [4.69, 9.17) is 5.73 Å². The van der Waals surface area contributed by atoms with Gasteiger partial charge in [0.2, 0.25) is 10.0 Å².